The van der Waals surface area contributed by atoms with Crippen molar-refractivity contribution in [3.05, 3.63) is 35.4 Å². The quantitative estimate of drug-likeness (QED) is 0.749. The van der Waals surface area contributed by atoms with Crippen molar-refractivity contribution in [2.24, 2.45) is 22.2 Å². The minimum atomic E-state index is -0.0325. The fraction of sp³-hybridized carbons (Fsp3) is 0.667. The van der Waals surface area contributed by atoms with Crippen LogP contribution in [-0.4, -0.2) is 12.1 Å². The van der Waals surface area contributed by atoms with Crippen molar-refractivity contribution in [2.75, 3.05) is 0 Å². The summed E-state index contributed by atoms with van der Waals surface area (Å²) in [6.07, 6.45) is 5.15. The molecule has 4 rings (SSSR count). The molecule has 1 aromatic carbocycles. The van der Waals surface area contributed by atoms with E-state index in [0.29, 0.717) is 12.3 Å². The number of esters is 1. The standard InChI is InChI=1S/C21H28O2/c1-5-17(22)23-18-20(4)11-10-16(19(20,2)3)21(18)12-14-8-6-7-9-15(14)13-21/h6-9,16,18H,5,10-13H2,1-4H3. The first-order chi connectivity index (χ1) is 10.8. The lowest BCUT2D eigenvalue weighted by molar-refractivity contribution is -0.167. The van der Waals surface area contributed by atoms with E-state index >= 15 is 0 Å². The average molecular weight is 312 g/mol. The number of hydrogen-bond donors (Lipinski definition) is 0. The van der Waals surface area contributed by atoms with Crippen LogP contribution >= 0.6 is 0 Å². The lowest BCUT2D eigenvalue weighted by Crippen LogP contribution is -2.48. The first-order valence-electron chi connectivity index (χ1n) is 9.11. The summed E-state index contributed by atoms with van der Waals surface area (Å²) in [5.41, 5.74) is 3.39. The van der Waals surface area contributed by atoms with Crippen LogP contribution in [0.5, 0.6) is 0 Å². The Balaban J connectivity index is 1.80. The minimum Gasteiger partial charge on any atom is -0.461 e. The maximum absolute atomic E-state index is 12.2. The predicted molar refractivity (Wildman–Crippen MR) is 91.1 cm³/mol. The van der Waals surface area contributed by atoms with Gasteiger partial charge in [0, 0.05) is 17.3 Å². The predicted octanol–water partition coefficient (Wildman–Crippen LogP) is 4.55. The lowest BCUT2D eigenvalue weighted by Gasteiger charge is -2.44. The largest absolute Gasteiger partial charge is 0.461 e. The number of hydrogen-bond acceptors (Lipinski definition) is 2. The summed E-state index contributed by atoms with van der Waals surface area (Å²) in [6.45, 7) is 9.10. The number of carbonyl (C=O) groups is 1. The minimum absolute atomic E-state index is 0.0325. The fourth-order valence-electron chi connectivity index (χ4n) is 6.39. The van der Waals surface area contributed by atoms with Gasteiger partial charge >= 0.3 is 5.97 Å². The molecular weight excluding hydrogens is 284 g/mol. The highest BCUT2D eigenvalue weighted by Gasteiger charge is 2.74. The van der Waals surface area contributed by atoms with E-state index in [1.165, 1.54) is 24.0 Å². The molecule has 3 atom stereocenters. The first kappa shape index (κ1) is 15.2. The number of benzene rings is 1. The van der Waals surface area contributed by atoms with E-state index in [-0.39, 0.29) is 28.3 Å². The van der Waals surface area contributed by atoms with Gasteiger partial charge < -0.3 is 4.74 Å². The number of carbonyl (C=O) groups excluding carboxylic acids is 1. The van der Waals surface area contributed by atoms with Gasteiger partial charge in [-0.15, -0.1) is 0 Å². The zero-order valence-corrected chi connectivity index (χ0v) is 14.8. The van der Waals surface area contributed by atoms with Gasteiger partial charge in [-0.2, -0.15) is 0 Å². The van der Waals surface area contributed by atoms with Crippen molar-refractivity contribution >= 4 is 5.97 Å². The van der Waals surface area contributed by atoms with Crippen LogP contribution in [0.1, 0.15) is 58.1 Å². The molecule has 0 radical (unpaired) electrons. The van der Waals surface area contributed by atoms with Crippen LogP contribution in [-0.2, 0) is 22.4 Å². The summed E-state index contributed by atoms with van der Waals surface area (Å²) >= 11 is 0. The normalized spacial score (nSPS) is 35.5. The van der Waals surface area contributed by atoms with Gasteiger partial charge in [0.25, 0.3) is 0 Å². The highest BCUT2D eigenvalue weighted by molar-refractivity contribution is 5.69. The molecule has 23 heavy (non-hydrogen) atoms. The molecular formula is C21H28O2. The Labute approximate surface area is 139 Å². The summed E-state index contributed by atoms with van der Waals surface area (Å²) in [5, 5.41) is 0. The molecule has 1 aromatic rings. The zero-order valence-electron chi connectivity index (χ0n) is 14.8. The van der Waals surface area contributed by atoms with Crippen LogP contribution in [0.25, 0.3) is 0 Å². The molecule has 2 saturated carbocycles. The Morgan fingerprint density at radius 1 is 1.17 bits per heavy atom. The molecule has 2 heteroatoms. The van der Waals surface area contributed by atoms with E-state index in [2.05, 4.69) is 45.0 Å². The Bertz CT molecular complexity index is 635. The molecule has 3 aliphatic rings. The maximum atomic E-state index is 12.2. The van der Waals surface area contributed by atoms with E-state index < -0.39 is 0 Å². The van der Waals surface area contributed by atoms with Gasteiger partial charge in [-0.1, -0.05) is 52.0 Å². The Kier molecular flexibility index (Phi) is 3.06. The molecule has 0 saturated heterocycles. The van der Waals surface area contributed by atoms with Crippen molar-refractivity contribution in [3.63, 3.8) is 0 Å². The molecule has 0 heterocycles. The summed E-state index contributed by atoms with van der Waals surface area (Å²) in [6, 6.07) is 8.82. The Hall–Kier alpha value is -1.31. The molecule has 3 unspecified atom stereocenters. The summed E-state index contributed by atoms with van der Waals surface area (Å²) in [7, 11) is 0. The number of rotatable bonds is 2. The van der Waals surface area contributed by atoms with E-state index in [1.807, 2.05) is 6.92 Å². The van der Waals surface area contributed by atoms with E-state index in [0.717, 1.165) is 12.8 Å². The van der Waals surface area contributed by atoms with Crippen LogP contribution in [0, 0.1) is 22.2 Å². The fourth-order valence-corrected chi connectivity index (χ4v) is 6.39. The lowest BCUT2D eigenvalue weighted by atomic mass is 9.66. The third kappa shape index (κ3) is 1.73. The van der Waals surface area contributed by atoms with Gasteiger partial charge in [0.2, 0.25) is 0 Å². The van der Waals surface area contributed by atoms with Gasteiger partial charge in [0.05, 0.1) is 0 Å². The zero-order chi connectivity index (χ0) is 16.5. The van der Waals surface area contributed by atoms with Crippen molar-refractivity contribution < 1.29 is 9.53 Å². The monoisotopic (exact) mass is 312 g/mol. The van der Waals surface area contributed by atoms with Gasteiger partial charge in [-0.05, 0) is 48.1 Å². The molecule has 0 N–H and O–H groups in total. The van der Waals surface area contributed by atoms with Crippen molar-refractivity contribution in [3.8, 4) is 0 Å². The average Bonchev–Trinajstić information content (AvgIpc) is 3.04. The molecule has 0 amide bonds. The SMILES string of the molecule is CCC(=O)OC1C2(Cc3ccccc3C2)C2CCC1(C)C2(C)C. The molecule has 1 spiro atoms. The first-order valence-corrected chi connectivity index (χ1v) is 9.11. The third-order valence-corrected chi connectivity index (χ3v) is 7.79. The maximum Gasteiger partial charge on any atom is 0.305 e. The molecule has 0 aliphatic heterocycles. The van der Waals surface area contributed by atoms with Crippen LogP contribution in [0.15, 0.2) is 24.3 Å². The highest BCUT2D eigenvalue weighted by Crippen LogP contribution is 2.75. The smallest absolute Gasteiger partial charge is 0.305 e. The number of fused-ring (bicyclic) bond motifs is 4. The van der Waals surface area contributed by atoms with E-state index in [1.54, 1.807) is 0 Å². The van der Waals surface area contributed by atoms with Crippen LogP contribution in [0.4, 0.5) is 0 Å². The Morgan fingerprint density at radius 2 is 1.78 bits per heavy atom. The van der Waals surface area contributed by atoms with Crippen LogP contribution in [0.3, 0.4) is 0 Å². The van der Waals surface area contributed by atoms with Gasteiger partial charge in [0.15, 0.2) is 0 Å². The molecule has 124 valence electrons. The van der Waals surface area contributed by atoms with E-state index in [9.17, 15) is 4.79 Å². The molecule has 2 bridgehead atoms. The third-order valence-electron chi connectivity index (χ3n) is 7.79. The second-order valence-corrected chi connectivity index (χ2v) is 8.81. The summed E-state index contributed by atoms with van der Waals surface area (Å²) in [5.74, 6) is 0.608. The highest BCUT2D eigenvalue weighted by atomic mass is 16.5. The molecule has 2 nitrogen and oxygen atoms in total. The van der Waals surface area contributed by atoms with Crippen molar-refractivity contribution in [1.29, 1.82) is 0 Å². The van der Waals surface area contributed by atoms with Crippen molar-refractivity contribution in [2.45, 2.75) is 65.9 Å². The van der Waals surface area contributed by atoms with E-state index in [4.69, 9.17) is 4.74 Å². The summed E-state index contributed by atoms with van der Waals surface area (Å²) in [4.78, 5) is 12.2. The molecule has 0 aromatic heterocycles. The Morgan fingerprint density at radius 3 is 2.35 bits per heavy atom. The van der Waals surface area contributed by atoms with Gasteiger partial charge in [-0.25, -0.2) is 0 Å². The molecule has 3 aliphatic carbocycles. The molecule has 2 fully saturated rings. The summed E-state index contributed by atoms with van der Waals surface area (Å²) < 4.78 is 6.16. The van der Waals surface area contributed by atoms with Gasteiger partial charge in [0.1, 0.15) is 6.10 Å². The topological polar surface area (TPSA) is 26.3 Å². The van der Waals surface area contributed by atoms with Crippen molar-refractivity contribution in [1.82, 2.24) is 0 Å². The second-order valence-electron chi connectivity index (χ2n) is 8.81. The van der Waals surface area contributed by atoms with Crippen LogP contribution < -0.4 is 0 Å². The van der Waals surface area contributed by atoms with Gasteiger partial charge in [-0.3, -0.25) is 4.79 Å². The number of ether oxygens (including phenoxy) is 1. The second kappa shape index (κ2) is 4.62. The van der Waals surface area contributed by atoms with Crippen LogP contribution in [0.2, 0.25) is 0 Å².